The van der Waals surface area contributed by atoms with Crippen LogP contribution in [0.4, 0.5) is 11.4 Å². The van der Waals surface area contributed by atoms with Gasteiger partial charge in [0.15, 0.2) is 0 Å². The molecule has 0 aliphatic carbocycles. The van der Waals surface area contributed by atoms with Gasteiger partial charge in [-0.2, -0.15) is 0 Å². The molecular weight excluding hydrogens is 304 g/mol. The van der Waals surface area contributed by atoms with Crippen LogP contribution in [-0.4, -0.2) is 48.9 Å². The minimum atomic E-state index is 0.789. The van der Waals surface area contributed by atoms with Gasteiger partial charge in [-0.05, 0) is 37.4 Å². The summed E-state index contributed by atoms with van der Waals surface area (Å²) >= 11 is 1.77. The van der Waals surface area contributed by atoms with Crippen LogP contribution in [-0.2, 0) is 0 Å². The maximum Gasteiger partial charge on any atom is 0.137 e. The van der Waals surface area contributed by atoms with Crippen molar-refractivity contribution < 1.29 is 0 Å². The SMILES string of the molecule is CN1CCN(C2=Nc3ccccc3Sc3ccc(N)cc32)CC1. The number of hydrogen-bond donors (Lipinski definition) is 1. The molecule has 1 saturated heterocycles. The van der Waals surface area contributed by atoms with Crippen molar-refractivity contribution in [2.75, 3.05) is 39.0 Å². The zero-order chi connectivity index (χ0) is 15.8. The van der Waals surface area contributed by atoms with Crippen molar-refractivity contribution in [1.29, 1.82) is 0 Å². The summed E-state index contributed by atoms with van der Waals surface area (Å²) in [6, 6.07) is 14.5. The molecule has 0 aromatic heterocycles. The molecule has 2 aliphatic rings. The van der Waals surface area contributed by atoms with Crippen LogP contribution >= 0.6 is 11.8 Å². The van der Waals surface area contributed by atoms with E-state index in [4.69, 9.17) is 10.7 Å². The van der Waals surface area contributed by atoms with Gasteiger partial charge in [0, 0.05) is 47.2 Å². The molecule has 2 heterocycles. The largest absolute Gasteiger partial charge is 0.399 e. The molecule has 118 valence electrons. The van der Waals surface area contributed by atoms with E-state index in [1.165, 1.54) is 9.79 Å². The predicted molar refractivity (Wildman–Crippen MR) is 96.7 cm³/mol. The van der Waals surface area contributed by atoms with Crippen LogP contribution in [0.5, 0.6) is 0 Å². The number of fused-ring (bicyclic) bond motifs is 2. The highest BCUT2D eigenvalue weighted by molar-refractivity contribution is 7.99. The Morgan fingerprint density at radius 3 is 2.61 bits per heavy atom. The number of aliphatic imine (C=N–C) groups is 1. The third-order valence-electron chi connectivity index (χ3n) is 4.36. The van der Waals surface area contributed by atoms with Gasteiger partial charge in [-0.25, -0.2) is 4.99 Å². The van der Waals surface area contributed by atoms with Crippen molar-refractivity contribution in [2.24, 2.45) is 4.99 Å². The second kappa shape index (κ2) is 5.91. The van der Waals surface area contributed by atoms with Crippen molar-refractivity contribution in [3.63, 3.8) is 0 Å². The van der Waals surface area contributed by atoms with Crippen molar-refractivity contribution in [3.05, 3.63) is 48.0 Å². The van der Waals surface area contributed by atoms with Gasteiger partial charge in [0.05, 0.1) is 5.69 Å². The molecule has 0 saturated carbocycles. The fraction of sp³-hybridized carbons (Fsp3) is 0.278. The fourth-order valence-corrected chi connectivity index (χ4v) is 4.00. The van der Waals surface area contributed by atoms with Crippen LogP contribution in [0, 0.1) is 0 Å². The summed E-state index contributed by atoms with van der Waals surface area (Å²) in [7, 11) is 2.17. The highest BCUT2D eigenvalue weighted by atomic mass is 32.2. The molecule has 5 heteroatoms. The van der Waals surface area contributed by atoms with Gasteiger partial charge in [0.2, 0.25) is 0 Å². The second-order valence-corrected chi connectivity index (χ2v) is 7.13. The van der Waals surface area contributed by atoms with Crippen LogP contribution in [0.2, 0.25) is 0 Å². The Kier molecular flexibility index (Phi) is 3.75. The number of nitrogen functional groups attached to an aromatic ring is 1. The van der Waals surface area contributed by atoms with Crippen molar-refractivity contribution in [1.82, 2.24) is 9.80 Å². The number of nitrogens with zero attached hydrogens (tertiary/aromatic N) is 3. The Labute approximate surface area is 141 Å². The van der Waals surface area contributed by atoms with E-state index in [0.717, 1.165) is 49.0 Å². The van der Waals surface area contributed by atoms with Crippen LogP contribution in [0.25, 0.3) is 0 Å². The van der Waals surface area contributed by atoms with E-state index in [1.807, 2.05) is 6.07 Å². The summed E-state index contributed by atoms with van der Waals surface area (Å²) in [6.07, 6.45) is 0. The maximum absolute atomic E-state index is 6.06. The lowest BCUT2D eigenvalue weighted by Crippen LogP contribution is -2.47. The number of piperazine rings is 1. The molecule has 4 nitrogen and oxygen atoms in total. The fourth-order valence-electron chi connectivity index (χ4n) is 3.00. The first-order chi connectivity index (χ1) is 11.2. The third kappa shape index (κ3) is 2.82. The highest BCUT2D eigenvalue weighted by Gasteiger charge is 2.24. The number of nitrogens with two attached hydrogens (primary N) is 1. The van der Waals surface area contributed by atoms with E-state index >= 15 is 0 Å². The normalized spacial score (nSPS) is 18.0. The van der Waals surface area contributed by atoms with Crippen LogP contribution in [0.15, 0.2) is 57.2 Å². The lowest BCUT2D eigenvalue weighted by Gasteiger charge is -2.34. The van der Waals surface area contributed by atoms with Crippen LogP contribution in [0.3, 0.4) is 0 Å². The quantitative estimate of drug-likeness (QED) is 0.757. The number of likely N-dealkylation sites (N-methyl/N-ethyl adjacent to an activating group) is 1. The van der Waals surface area contributed by atoms with Gasteiger partial charge >= 0.3 is 0 Å². The van der Waals surface area contributed by atoms with E-state index in [9.17, 15) is 0 Å². The summed E-state index contributed by atoms with van der Waals surface area (Å²) in [5, 5.41) is 0. The van der Waals surface area contributed by atoms with Gasteiger partial charge < -0.3 is 15.5 Å². The Bertz CT molecular complexity index is 763. The average molecular weight is 324 g/mol. The van der Waals surface area contributed by atoms with Crippen LogP contribution < -0.4 is 5.73 Å². The number of amidine groups is 1. The topological polar surface area (TPSA) is 44.9 Å². The standard InChI is InChI=1S/C18H20N4S/c1-21-8-10-22(11-9-21)18-14-12-13(19)6-7-16(14)23-17-5-3-2-4-15(17)20-18/h2-7,12H,8-11,19H2,1H3. The van der Waals surface area contributed by atoms with Crippen molar-refractivity contribution in [3.8, 4) is 0 Å². The van der Waals surface area contributed by atoms with Gasteiger partial charge in [-0.1, -0.05) is 23.9 Å². The first-order valence-corrected chi connectivity index (χ1v) is 8.71. The Balaban J connectivity index is 1.84. The molecule has 0 unspecified atom stereocenters. The smallest absolute Gasteiger partial charge is 0.137 e. The van der Waals surface area contributed by atoms with Gasteiger partial charge in [-0.15, -0.1) is 0 Å². The monoisotopic (exact) mass is 324 g/mol. The molecule has 0 radical (unpaired) electrons. The number of rotatable bonds is 0. The molecule has 0 bridgehead atoms. The van der Waals surface area contributed by atoms with E-state index in [0.29, 0.717) is 0 Å². The first kappa shape index (κ1) is 14.6. The molecule has 2 aromatic rings. The number of para-hydroxylation sites is 1. The zero-order valence-corrected chi connectivity index (χ0v) is 14.0. The molecule has 1 fully saturated rings. The first-order valence-electron chi connectivity index (χ1n) is 7.90. The summed E-state index contributed by atoms with van der Waals surface area (Å²) < 4.78 is 0. The van der Waals surface area contributed by atoms with Gasteiger partial charge in [0.1, 0.15) is 5.84 Å². The molecule has 0 amide bonds. The number of anilines is 1. The third-order valence-corrected chi connectivity index (χ3v) is 5.50. The predicted octanol–water partition coefficient (Wildman–Crippen LogP) is 3.06. The molecular formula is C18H20N4S. The molecule has 2 N–H and O–H groups in total. The maximum atomic E-state index is 6.06. The molecule has 0 spiro atoms. The number of benzene rings is 2. The summed E-state index contributed by atoms with van der Waals surface area (Å²) in [4.78, 5) is 12.2. The highest BCUT2D eigenvalue weighted by Crippen LogP contribution is 2.41. The van der Waals surface area contributed by atoms with E-state index in [1.54, 1.807) is 11.8 Å². The molecule has 2 aromatic carbocycles. The van der Waals surface area contributed by atoms with E-state index < -0.39 is 0 Å². The summed E-state index contributed by atoms with van der Waals surface area (Å²) in [5.74, 6) is 1.05. The summed E-state index contributed by atoms with van der Waals surface area (Å²) in [5.41, 5.74) is 9.04. The minimum absolute atomic E-state index is 0.789. The van der Waals surface area contributed by atoms with E-state index in [2.05, 4.69) is 53.2 Å². The van der Waals surface area contributed by atoms with Crippen molar-refractivity contribution in [2.45, 2.75) is 9.79 Å². The Morgan fingerprint density at radius 1 is 1.00 bits per heavy atom. The Morgan fingerprint density at radius 2 is 1.78 bits per heavy atom. The van der Waals surface area contributed by atoms with E-state index in [-0.39, 0.29) is 0 Å². The minimum Gasteiger partial charge on any atom is -0.399 e. The van der Waals surface area contributed by atoms with Gasteiger partial charge in [0.25, 0.3) is 0 Å². The molecule has 2 aliphatic heterocycles. The zero-order valence-electron chi connectivity index (χ0n) is 13.2. The Hall–Kier alpha value is -1.98. The van der Waals surface area contributed by atoms with Crippen LogP contribution in [0.1, 0.15) is 5.56 Å². The lowest BCUT2D eigenvalue weighted by molar-refractivity contribution is 0.215. The summed E-state index contributed by atoms with van der Waals surface area (Å²) in [6.45, 7) is 4.11. The molecule has 23 heavy (non-hydrogen) atoms. The average Bonchev–Trinajstić information content (AvgIpc) is 2.72. The van der Waals surface area contributed by atoms with Gasteiger partial charge in [-0.3, -0.25) is 0 Å². The molecule has 4 rings (SSSR count). The second-order valence-electron chi connectivity index (χ2n) is 6.05. The molecule has 0 atom stereocenters. The number of hydrogen-bond acceptors (Lipinski definition) is 5. The van der Waals surface area contributed by atoms with Crippen molar-refractivity contribution >= 4 is 29.0 Å². The lowest BCUT2D eigenvalue weighted by atomic mass is 10.1.